The van der Waals surface area contributed by atoms with Crippen LogP contribution in [0.1, 0.15) is 48.5 Å². The summed E-state index contributed by atoms with van der Waals surface area (Å²) in [5.41, 5.74) is 2.41. The second kappa shape index (κ2) is 10.3. The fraction of sp³-hybridized carbons (Fsp3) is 0.333. The lowest BCUT2D eigenvalue weighted by Crippen LogP contribution is -2.12. The number of unbranched alkanes of at least 4 members (excludes halogenated alkanes) is 2. The summed E-state index contributed by atoms with van der Waals surface area (Å²) in [5.74, 6) is -0.403. The van der Waals surface area contributed by atoms with Gasteiger partial charge in [-0.05, 0) is 49.9 Å². The number of carbonyl (C=O) groups excluding carboxylic acids is 2. The van der Waals surface area contributed by atoms with Crippen LogP contribution >= 0.6 is 0 Å². The van der Waals surface area contributed by atoms with Crippen LogP contribution in [0.4, 0.5) is 5.69 Å². The Kier molecular flexibility index (Phi) is 7.70. The Hall–Kier alpha value is -2.62. The molecule has 25 heavy (non-hydrogen) atoms. The summed E-state index contributed by atoms with van der Waals surface area (Å²) < 4.78 is 4.96. The van der Waals surface area contributed by atoms with Crippen molar-refractivity contribution in [3.05, 3.63) is 65.7 Å². The van der Waals surface area contributed by atoms with Crippen LogP contribution in [0.15, 0.2) is 54.6 Å². The van der Waals surface area contributed by atoms with Crippen molar-refractivity contribution in [1.82, 2.24) is 0 Å². The fourth-order valence-electron chi connectivity index (χ4n) is 2.60. The maximum absolute atomic E-state index is 12.0. The molecule has 0 aromatic heterocycles. The Morgan fingerprint density at radius 1 is 0.960 bits per heavy atom. The van der Waals surface area contributed by atoms with Gasteiger partial charge in [0.1, 0.15) is 0 Å². The van der Waals surface area contributed by atoms with Crippen LogP contribution in [0.3, 0.4) is 0 Å². The molecule has 0 spiro atoms. The van der Waals surface area contributed by atoms with E-state index in [1.54, 1.807) is 31.2 Å². The van der Waals surface area contributed by atoms with E-state index in [1.807, 2.05) is 18.2 Å². The van der Waals surface area contributed by atoms with Crippen molar-refractivity contribution in [2.24, 2.45) is 0 Å². The number of amides is 1. The van der Waals surface area contributed by atoms with Gasteiger partial charge in [0, 0.05) is 12.1 Å². The van der Waals surface area contributed by atoms with Crippen LogP contribution in [-0.4, -0.2) is 18.5 Å². The molecule has 0 atom stereocenters. The average Bonchev–Trinajstić information content (AvgIpc) is 2.63. The molecule has 0 aliphatic heterocycles. The molecule has 1 N–H and O–H groups in total. The third kappa shape index (κ3) is 6.79. The van der Waals surface area contributed by atoms with Gasteiger partial charge in [-0.25, -0.2) is 4.79 Å². The first kappa shape index (κ1) is 18.7. The highest BCUT2D eigenvalue weighted by Gasteiger charge is 2.08. The minimum atomic E-state index is -0.375. The first-order valence-corrected chi connectivity index (χ1v) is 8.80. The standard InChI is InChI=1S/C21H25NO3/c1-2-25-21(24)18-13-9-14-19(16-18)22-20(23)15-8-4-7-12-17-10-5-3-6-11-17/h3,5-6,9-11,13-14,16H,2,4,7-8,12,15H2,1H3,(H,22,23). The molecule has 0 fully saturated rings. The second-order valence-corrected chi connectivity index (χ2v) is 5.90. The number of hydrogen-bond acceptors (Lipinski definition) is 3. The minimum absolute atomic E-state index is 0.0271. The maximum atomic E-state index is 12.0. The number of esters is 1. The third-order valence-corrected chi connectivity index (χ3v) is 3.87. The maximum Gasteiger partial charge on any atom is 0.338 e. The van der Waals surface area contributed by atoms with Crippen LogP contribution in [0, 0.1) is 0 Å². The zero-order valence-corrected chi connectivity index (χ0v) is 14.7. The van der Waals surface area contributed by atoms with E-state index in [9.17, 15) is 9.59 Å². The van der Waals surface area contributed by atoms with E-state index in [0.717, 1.165) is 25.7 Å². The summed E-state index contributed by atoms with van der Waals surface area (Å²) in [4.78, 5) is 23.7. The molecule has 4 nitrogen and oxygen atoms in total. The van der Waals surface area contributed by atoms with E-state index < -0.39 is 0 Å². The van der Waals surface area contributed by atoms with Crippen molar-refractivity contribution >= 4 is 17.6 Å². The monoisotopic (exact) mass is 339 g/mol. The normalized spacial score (nSPS) is 10.3. The zero-order valence-electron chi connectivity index (χ0n) is 14.7. The molecule has 0 unspecified atom stereocenters. The number of rotatable bonds is 9. The Morgan fingerprint density at radius 2 is 1.76 bits per heavy atom. The first-order chi connectivity index (χ1) is 12.2. The molecule has 0 radical (unpaired) electrons. The highest BCUT2D eigenvalue weighted by molar-refractivity contribution is 5.94. The summed E-state index contributed by atoms with van der Waals surface area (Å²) in [6, 6.07) is 17.2. The zero-order chi connectivity index (χ0) is 17.9. The summed E-state index contributed by atoms with van der Waals surface area (Å²) in [6.07, 6.45) is 4.49. The molecule has 0 saturated carbocycles. The number of aryl methyl sites for hydroxylation is 1. The van der Waals surface area contributed by atoms with Gasteiger partial charge in [-0.2, -0.15) is 0 Å². The fourth-order valence-corrected chi connectivity index (χ4v) is 2.60. The SMILES string of the molecule is CCOC(=O)c1cccc(NC(=O)CCCCCc2ccccc2)c1. The van der Waals surface area contributed by atoms with Gasteiger partial charge >= 0.3 is 5.97 Å². The molecular weight excluding hydrogens is 314 g/mol. The van der Waals surface area contributed by atoms with Gasteiger partial charge in [0.05, 0.1) is 12.2 Å². The number of hydrogen-bond donors (Lipinski definition) is 1. The summed E-state index contributed by atoms with van der Waals surface area (Å²) >= 11 is 0. The Labute approximate surface area is 149 Å². The smallest absolute Gasteiger partial charge is 0.338 e. The number of carbonyl (C=O) groups is 2. The van der Waals surface area contributed by atoms with Crippen molar-refractivity contribution in [2.45, 2.75) is 39.0 Å². The van der Waals surface area contributed by atoms with Gasteiger partial charge in [-0.1, -0.05) is 42.8 Å². The Bertz CT molecular complexity index is 683. The van der Waals surface area contributed by atoms with E-state index in [0.29, 0.717) is 24.3 Å². The lowest BCUT2D eigenvalue weighted by Gasteiger charge is -2.07. The Balaban J connectivity index is 1.69. The summed E-state index contributed by atoms with van der Waals surface area (Å²) in [5, 5.41) is 2.84. The first-order valence-electron chi connectivity index (χ1n) is 8.80. The molecule has 4 heteroatoms. The van der Waals surface area contributed by atoms with Crippen LogP contribution < -0.4 is 5.32 Å². The van der Waals surface area contributed by atoms with Gasteiger partial charge < -0.3 is 10.1 Å². The lowest BCUT2D eigenvalue weighted by atomic mass is 10.1. The molecule has 2 rings (SSSR count). The summed E-state index contributed by atoms with van der Waals surface area (Å²) in [7, 11) is 0. The van der Waals surface area contributed by atoms with Crippen molar-refractivity contribution in [1.29, 1.82) is 0 Å². The van der Waals surface area contributed by atoms with Crippen LogP contribution in [0.2, 0.25) is 0 Å². The highest BCUT2D eigenvalue weighted by Crippen LogP contribution is 2.13. The van der Waals surface area contributed by atoms with Crippen LogP contribution in [-0.2, 0) is 16.0 Å². The van der Waals surface area contributed by atoms with Gasteiger partial charge in [0.25, 0.3) is 0 Å². The molecule has 0 bridgehead atoms. The molecule has 2 aromatic rings. The van der Waals surface area contributed by atoms with Crippen molar-refractivity contribution in [2.75, 3.05) is 11.9 Å². The minimum Gasteiger partial charge on any atom is -0.462 e. The molecule has 2 aromatic carbocycles. The van der Waals surface area contributed by atoms with E-state index in [4.69, 9.17) is 4.74 Å². The predicted molar refractivity (Wildman–Crippen MR) is 99.6 cm³/mol. The quantitative estimate of drug-likeness (QED) is 0.536. The molecule has 0 saturated heterocycles. The van der Waals surface area contributed by atoms with Gasteiger partial charge in [-0.3, -0.25) is 4.79 Å². The van der Waals surface area contributed by atoms with Crippen LogP contribution in [0.5, 0.6) is 0 Å². The molecule has 1 amide bonds. The topological polar surface area (TPSA) is 55.4 Å². The highest BCUT2D eigenvalue weighted by atomic mass is 16.5. The molecule has 0 aliphatic rings. The van der Waals surface area contributed by atoms with Gasteiger partial charge in [0.2, 0.25) is 5.91 Å². The number of anilines is 1. The van der Waals surface area contributed by atoms with Crippen molar-refractivity contribution in [3.8, 4) is 0 Å². The van der Waals surface area contributed by atoms with Gasteiger partial charge in [-0.15, -0.1) is 0 Å². The van der Waals surface area contributed by atoms with Crippen molar-refractivity contribution < 1.29 is 14.3 Å². The lowest BCUT2D eigenvalue weighted by molar-refractivity contribution is -0.116. The molecular formula is C21H25NO3. The van der Waals surface area contributed by atoms with E-state index in [-0.39, 0.29) is 11.9 Å². The molecule has 132 valence electrons. The predicted octanol–water partition coefficient (Wildman–Crippen LogP) is 4.60. The largest absolute Gasteiger partial charge is 0.462 e. The van der Waals surface area contributed by atoms with E-state index in [2.05, 4.69) is 17.4 Å². The number of nitrogens with one attached hydrogen (secondary N) is 1. The van der Waals surface area contributed by atoms with E-state index in [1.165, 1.54) is 5.56 Å². The third-order valence-electron chi connectivity index (χ3n) is 3.87. The van der Waals surface area contributed by atoms with E-state index >= 15 is 0 Å². The van der Waals surface area contributed by atoms with Crippen molar-refractivity contribution in [3.63, 3.8) is 0 Å². The summed E-state index contributed by atoms with van der Waals surface area (Å²) in [6.45, 7) is 2.10. The molecule has 0 heterocycles. The second-order valence-electron chi connectivity index (χ2n) is 5.90. The average molecular weight is 339 g/mol. The Morgan fingerprint density at radius 3 is 2.52 bits per heavy atom. The number of ether oxygens (including phenoxy) is 1. The molecule has 0 aliphatic carbocycles. The number of benzene rings is 2. The van der Waals surface area contributed by atoms with Crippen LogP contribution in [0.25, 0.3) is 0 Å². The van der Waals surface area contributed by atoms with Gasteiger partial charge in [0.15, 0.2) is 0 Å².